The van der Waals surface area contributed by atoms with Gasteiger partial charge in [0.25, 0.3) is 6.01 Å². The van der Waals surface area contributed by atoms with Crippen LogP contribution in [0.15, 0.2) is 18.2 Å². The van der Waals surface area contributed by atoms with Gasteiger partial charge in [0, 0.05) is 5.69 Å². The Labute approximate surface area is 126 Å². The molecule has 3 N–H and O–H groups in total. The van der Waals surface area contributed by atoms with Crippen molar-refractivity contribution in [3.8, 4) is 6.01 Å². The molecule has 0 amide bonds. The number of rotatable bonds is 3. The van der Waals surface area contributed by atoms with Crippen LogP contribution >= 0.6 is 0 Å². The number of aromatic nitrogens is 2. The molecule has 1 saturated carbocycles. The van der Waals surface area contributed by atoms with Gasteiger partial charge in [0.2, 0.25) is 0 Å². The number of H-pyrrole nitrogens is 1. The van der Waals surface area contributed by atoms with Crippen molar-refractivity contribution in [2.45, 2.75) is 46.1 Å². The maximum absolute atomic E-state index is 6.22. The summed E-state index contributed by atoms with van der Waals surface area (Å²) in [5.74, 6) is 1.98. The highest BCUT2D eigenvalue weighted by atomic mass is 16.5. The lowest BCUT2D eigenvalue weighted by Crippen LogP contribution is -2.36. The maximum atomic E-state index is 6.22. The van der Waals surface area contributed by atoms with Crippen molar-refractivity contribution in [3.05, 3.63) is 18.2 Å². The van der Waals surface area contributed by atoms with Gasteiger partial charge < -0.3 is 15.5 Å². The zero-order chi connectivity index (χ0) is 15.0. The molecule has 1 aromatic heterocycles. The fourth-order valence-electron chi connectivity index (χ4n) is 3.45. The van der Waals surface area contributed by atoms with Crippen LogP contribution in [0.4, 0.5) is 5.69 Å². The third kappa shape index (κ3) is 2.99. The predicted octanol–water partition coefficient (Wildman–Crippen LogP) is 3.98. The zero-order valence-corrected chi connectivity index (χ0v) is 13.1. The van der Waals surface area contributed by atoms with Gasteiger partial charge in [-0.15, -0.1) is 0 Å². The molecule has 0 spiro atoms. The summed E-state index contributed by atoms with van der Waals surface area (Å²) in [6.45, 7) is 6.89. The molecule has 4 heteroatoms. The third-order valence-electron chi connectivity index (χ3n) is 4.71. The normalized spacial score (nSPS) is 26.4. The molecule has 3 unspecified atom stereocenters. The van der Waals surface area contributed by atoms with Gasteiger partial charge in [-0.2, -0.15) is 4.98 Å². The third-order valence-corrected chi connectivity index (χ3v) is 4.71. The fraction of sp³-hybridized carbons (Fsp3) is 0.588. The van der Waals surface area contributed by atoms with E-state index in [9.17, 15) is 0 Å². The zero-order valence-electron chi connectivity index (χ0n) is 13.1. The molecular weight excluding hydrogens is 262 g/mol. The number of imidazole rings is 1. The molecule has 1 aromatic carbocycles. The first-order chi connectivity index (χ1) is 10.0. The number of nitrogen functional groups attached to an aromatic ring is 1. The molecule has 114 valence electrons. The number of anilines is 1. The molecule has 0 aliphatic heterocycles. The number of fused-ring (bicyclic) bond motifs is 1. The van der Waals surface area contributed by atoms with Gasteiger partial charge >= 0.3 is 0 Å². The predicted molar refractivity (Wildman–Crippen MR) is 86.3 cm³/mol. The highest BCUT2D eigenvalue weighted by Crippen LogP contribution is 2.35. The van der Waals surface area contributed by atoms with E-state index in [1.54, 1.807) is 0 Å². The summed E-state index contributed by atoms with van der Waals surface area (Å²) in [6.07, 6.45) is 3.92. The first-order valence-electron chi connectivity index (χ1n) is 7.95. The Kier molecular flexibility index (Phi) is 3.79. The molecule has 1 aliphatic carbocycles. The average Bonchev–Trinajstić information content (AvgIpc) is 2.79. The van der Waals surface area contributed by atoms with E-state index in [1.165, 1.54) is 12.8 Å². The Hall–Kier alpha value is -1.71. The van der Waals surface area contributed by atoms with Crippen LogP contribution < -0.4 is 10.5 Å². The van der Waals surface area contributed by atoms with E-state index in [2.05, 4.69) is 30.7 Å². The standard InChI is InChI=1S/C17H25N3O/c1-10(2)13-6-4-11(3)8-16(13)21-17-19-14-7-5-12(18)9-15(14)20-17/h5,7,9-11,13,16H,4,6,8,18H2,1-3H3,(H,19,20). The number of hydrogen-bond acceptors (Lipinski definition) is 3. The molecule has 1 heterocycles. The quantitative estimate of drug-likeness (QED) is 0.839. The molecule has 1 fully saturated rings. The smallest absolute Gasteiger partial charge is 0.294 e. The highest BCUT2D eigenvalue weighted by molar-refractivity contribution is 5.79. The monoisotopic (exact) mass is 287 g/mol. The first-order valence-corrected chi connectivity index (χ1v) is 7.95. The van der Waals surface area contributed by atoms with E-state index in [1.807, 2.05) is 18.2 Å². The van der Waals surface area contributed by atoms with Gasteiger partial charge in [-0.1, -0.05) is 27.2 Å². The minimum absolute atomic E-state index is 0.256. The minimum Gasteiger partial charge on any atom is -0.461 e. The van der Waals surface area contributed by atoms with E-state index in [0.717, 1.165) is 29.1 Å². The number of benzene rings is 1. The summed E-state index contributed by atoms with van der Waals surface area (Å²) in [7, 11) is 0. The number of nitrogens with one attached hydrogen (secondary N) is 1. The van der Waals surface area contributed by atoms with Crippen LogP contribution in [0.5, 0.6) is 6.01 Å². The number of nitrogens with zero attached hydrogens (tertiary/aromatic N) is 1. The summed E-state index contributed by atoms with van der Waals surface area (Å²) < 4.78 is 6.22. The molecule has 0 saturated heterocycles. The van der Waals surface area contributed by atoms with Crippen molar-refractivity contribution in [1.82, 2.24) is 9.97 Å². The van der Waals surface area contributed by atoms with Crippen LogP contribution in [-0.2, 0) is 0 Å². The molecule has 0 radical (unpaired) electrons. The molecule has 2 aromatic rings. The van der Waals surface area contributed by atoms with Crippen molar-refractivity contribution in [3.63, 3.8) is 0 Å². The maximum Gasteiger partial charge on any atom is 0.294 e. The van der Waals surface area contributed by atoms with Crippen LogP contribution in [-0.4, -0.2) is 16.1 Å². The fourth-order valence-corrected chi connectivity index (χ4v) is 3.45. The lowest BCUT2D eigenvalue weighted by atomic mass is 9.75. The second-order valence-electron chi connectivity index (χ2n) is 6.80. The Bertz CT molecular complexity index is 620. The molecule has 3 atom stereocenters. The first kappa shape index (κ1) is 14.2. The second-order valence-corrected chi connectivity index (χ2v) is 6.80. The SMILES string of the molecule is CC1CCC(C(C)C)C(Oc2nc3ccc(N)cc3[nH]2)C1. The summed E-state index contributed by atoms with van der Waals surface area (Å²) in [4.78, 5) is 7.78. The van der Waals surface area contributed by atoms with E-state index >= 15 is 0 Å². The lowest BCUT2D eigenvalue weighted by Gasteiger charge is -2.36. The number of ether oxygens (including phenoxy) is 1. The summed E-state index contributed by atoms with van der Waals surface area (Å²) >= 11 is 0. The topological polar surface area (TPSA) is 63.9 Å². The molecule has 0 bridgehead atoms. The van der Waals surface area contributed by atoms with Gasteiger partial charge in [-0.3, -0.25) is 0 Å². The van der Waals surface area contributed by atoms with Crippen molar-refractivity contribution >= 4 is 16.7 Å². The van der Waals surface area contributed by atoms with Crippen molar-refractivity contribution in [1.29, 1.82) is 0 Å². The number of aromatic amines is 1. The van der Waals surface area contributed by atoms with Crippen LogP contribution in [0.25, 0.3) is 11.0 Å². The van der Waals surface area contributed by atoms with Crippen LogP contribution in [0.3, 0.4) is 0 Å². The molecule has 21 heavy (non-hydrogen) atoms. The van der Waals surface area contributed by atoms with Gasteiger partial charge in [-0.05, 0) is 48.8 Å². The largest absolute Gasteiger partial charge is 0.461 e. The number of nitrogens with two attached hydrogens (primary N) is 1. The molecule has 1 aliphatic rings. The van der Waals surface area contributed by atoms with E-state index < -0.39 is 0 Å². The Morgan fingerprint density at radius 1 is 1.33 bits per heavy atom. The van der Waals surface area contributed by atoms with Crippen LogP contribution in [0.1, 0.15) is 40.0 Å². The number of hydrogen-bond donors (Lipinski definition) is 2. The van der Waals surface area contributed by atoms with Crippen molar-refractivity contribution < 1.29 is 4.74 Å². The summed E-state index contributed by atoms with van der Waals surface area (Å²) in [5, 5.41) is 0. The van der Waals surface area contributed by atoms with Gasteiger partial charge in [0.15, 0.2) is 0 Å². The molecule has 4 nitrogen and oxygen atoms in total. The van der Waals surface area contributed by atoms with Crippen LogP contribution in [0.2, 0.25) is 0 Å². The summed E-state index contributed by atoms with van der Waals surface area (Å²) in [5.41, 5.74) is 8.40. The molecule has 3 rings (SSSR count). The average molecular weight is 287 g/mol. The lowest BCUT2D eigenvalue weighted by molar-refractivity contribution is 0.0399. The Balaban J connectivity index is 1.81. The van der Waals surface area contributed by atoms with Gasteiger partial charge in [0.05, 0.1) is 11.0 Å². The van der Waals surface area contributed by atoms with Gasteiger partial charge in [0.1, 0.15) is 6.10 Å². The van der Waals surface area contributed by atoms with E-state index in [0.29, 0.717) is 17.8 Å². The van der Waals surface area contributed by atoms with Crippen molar-refractivity contribution in [2.75, 3.05) is 5.73 Å². The minimum atomic E-state index is 0.256. The molecular formula is C17H25N3O. The highest BCUT2D eigenvalue weighted by Gasteiger charge is 2.32. The Morgan fingerprint density at radius 2 is 2.14 bits per heavy atom. The van der Waals surface area contributed by atoms with E-state index in [-0.39, 0.29) is 6.10 Å². The van der Waals surface area contributed by atoms with Gasteiger partial charge in [-0.25, -0.2) is 0 Å². The Morgan fingerprint density at radius 3 is 2.90 bits per heavy atom. The summed E-state index contributed by atoms with van der Waals surface area (Å²) in [6, 6.07) is 6.32. The van der Waals surface area contributed by atoms with Crippen LogP contribution in [0, 0.1) is 17.8 Å². The second kappa shape index (κ2) is 5.58. The van der Waals surface area contributed by atoms with E-state index in [4.69, 9.17) is 10.5 Å². The van der Waals surface area contributed by atoms with Crippen molar-refractivity contribution in [2.24, 2.45) is 17.8 Å².